The topological polar surface area (TPSA) is 147 Å². The van der Waals surface area contributed by atoms with Crippen LogP contribution in [0.5, 0.6) is 0 Å². The molecule has 0 aromatic rings. The minimum atomic E-state index is -3.11. The predicted molar refractivity (Wildman–Crippen MR) is 306 cm³/mol. The molecule has 3 atom stereocenters. The molecule has 0 aromatic heterocycles. The average molecular weight is 1090 g/mol. The maximum Gasteiger partial charge on any atom is 0.167 e. The summed E-state index contributed by atoms with van der Waals surface area (Å²) in [6, 6.07) is 2.48. The number of ketones is 2. The average Bonchev–Trinajstić information content (AvgIpc) is 3.43. The molecule has 0 amide bonds. The second-order valence-corrected chi connectivity index (χ2v) is 27.8. The van der Waals surface area contributed by atoms with Crippen LogP contribution in [-0.4, -0.2) is 107 Å². The van der Waals surface area contributed by atoms with E-state index in [0.717, 1.165) is 167 Å². The molecule has 0 saturated heterocycles. The molecule has 5 fully saturated rings. The Balaban J connectivity index is 0.804. The third-order valence-corrected chi connectivity index (χ3v) is 21.7. The Morgan fingerprint density at radius 2 is 0.789 bits per heavy atom. The van der Waals surface area contributed by atoms with E-state index in [0.29, 0.717) is 44.5 Å². The lowest BCUT2D eigenvalue weighted by Crippen LogP contribution is -2.44. The van der Waals surface area contributed by atoms with E-state index in [2.05, 4.69) is 6.07 Å². The predicted octanol–water partition coefficient (Wildman–Crippen LogP) is 15.2. The summed E-state index contributed by atoms with van der Waals surface area (Å²) in [7, 11) is -1.34. The van der Waals surface area contributed by atoms with E-state index in [1.807, 2.05) is 13.8 Å². The molecule has 5 saturated carbocycles. The summed E-state index contributed by atoms with van der Waals surface area (Å²) in [5, 5.41) is 8.83. The summed E-state index contributed by atoms with van der Waals surface area (Å²) in [5.41, 5.74) is -0.883. The second kappa shape index (κ2) is 37.5. The quantitative estimate of drug-likeness (QED) is 0.0540. The number of ether oxygens (including phenoxy) is 6. The van der Waals surface area contributed by atoms with Gasteiger partial charge in [0.2, 0.25) is 0 Å². The Morgan fingerprint density at radius 3 is 1.18 bits per heavy atom. The van der Waals surface area contributed by atoms with Gasteiger partial charge in [-0.3, -0.25) is 9.59 Å². The second-order valence-electron chi connectivity index (χ2n) is 25.3. The zero-order valence-electron chi connectivity index (χ0n) is 49.1. The van der Waals surface area contributed by atoms with E-state index < -0.39 is 15.4 Å². The van der Waals surface area contributed by atoms with E-state index in [4.69, 9.17) is 28.4 Å². The maximum absolute atomic E-state index is 13.9. The van der Waals surface area contributed by atoms with Crippen molar-refractivity contribution in [3.05, 3.63) is 0 Å². The molecule has 0 N–H and O–H groups in total. The summed E-state index contributed by atoms with van der Waals surface area (Å²) in [5.74, 6) is 1.85. The van der Waals surface area contributed by atoms with E-state index >= 15 is 0 Å². The Labute approximate surface area is 465 Å². The molecule has 0 radical (unpaired) electrons. The van der Waals surface area contributed by atoms with Crippen LogP contribution in [0.4, 0.5) is 0 Å². The first-order chi connectivity index (χ1) is 36.9. The number of methoxy groups -OCH3 is 1. The fraction of sp³-hybridized carbons (Fsp3) is 0.953. The number of hydrogen-bond acceptors (Lipinski definition) is 11. The van der Waals surface area contributed by atoms with E-state index in [-0.39, 0.29) is 52.2 Å². The van der Waals surface area contributed by atoms with Crippen molar-refractivity contribution in [2.24, 2.45) is 29.6 Å². The number of nitrogens with zero attached hydrogens (tertiary/aromatic N) is 1. The first-order valence-corrected chi connectivity index (χ1v) is 33.8. The third-order valence-electron chi connectivity index (χ3n) is 18.9. The highest BCUT2D eigenvalue weighted by Gasteiger charge is 2.42. The van der Waals surface area contributed by atoms with Crippen LogP contribution in [0.15, 0.2) is 0 Å². The minimum Gasteiger partial charge on any atom is -0.385 e. The molecule has 12 heteroatoms. The van der Waals surface area contributed by atoms with E-state index in [9.17, 15) is 23.3 Å². The van der Waals surface area contributed by atoms with Gasteiger partial charge in [0.1, 0.15) is 11.4 Å². The van der Waals surface area contributed by atoms with Crippen LogP contribution in [0.25, 0.3) is 0 Å². The van der Waals surface area contributed by atoms with Crippen LogP contribution in [0.2, 0.25) is 0 Å². The third kappa shape index (κ3) is 24.7. The Kier molecular flexibility index (Phi) is 32.3. The number of rotatable bonds is 40. The highest BCUT2D eigenvalue weighted by Crippen LogP contribution is 2.41. The van der Waals surface area contributed by atoms with Gasteiger partial charge in [-0.05, 0) is 193 Å². The van der Waals surface area contributed by atoms with Crippen molar-refractivity contribution in [2.75, 3.05) is 46.8 Å². The van der Waals surface area contributed by atoms with Crippen LogP contribution >= 0.6 is 0 Å². The summed E-state index contributed by atoms with van der Waals surface area (Å²) < 4.78 is 63.7. The zero-order valence-corrected chi connectivity index (χ0v) is 49.9. The largest absolute Gasteiger partial charge is 0.385 e. The van der Waals surface area contributed by atoms with Crippen LogP contribution in [-0.2, 0) is 47.8 Å². The zero-order chi connectivity index (χ0) is 54.3. The van der Waals surface area contributed by atoms with Crippen LogP contribution in [0.3, 0.4) is 0 Å². The van der Waals surface area contributed by atoms with Crippen LogP contribution < -0.4 is 0 Å². The fourth-order valence-electron chi connectivity index (χ4n) is 13.8. The normalized spacial score (nSPS) is 28.8. The van der Waals surface area contributed by atoms with Crippen LogP contribution in [0, 0.1) is 40.9 Å². The molecule has 0 aliphatic heterocycles. The summed E-state index contributed by atoms with van der Waals surface area (Å²) in [6.07, 6.45) is 42.1. The van der Waals surface area contributed by atoms with Crippen molar-refractivity contribution in [1.82, 2.24) is 0 Å². The Morgan fingerprint density at radius 1 is 0.447 bits per heavy atom. The molecule has 440 valence electrons. The van der Waals surface area contributed by atoms with Gasteiger partial charge in [0, 0.05) is 64.5 Å². The molecule has 0 heterocycles. The smallest absolute Gasteiger partial charge is 0.167 e. The van der Waals surface area contributed by atoms with Gasteiger partial charge >= 0.3 is 0 Å². The first-order valence-electron chi connectivity index (χ1n) is 32.2. The van der Waals surface area contributed by atoms with Gasteiger partial charge in [0.05, 0.1) is 41.0 Å². The number of sulfone groups is 1. The van der Waals surface area contributed by atoms with Gasteiger partial charge in [0.25, 0.3) is 0 Å². The lowest BCUT2D eigenvalue weighted by Gasteiger charge is -2.36. The van der Waals surface area contributed by atoms with E-state index in [1.165, 1.54) is 103 Å². The molecule has 3 unspecified atom stereocenters. The number of carbonyl (C=O) groups is 2. The number of Topliss-reactive ketones (excluding diaryl/α,β-unsaturated/α-hetero) is 2. The molecule has 5 aliphatic carbocycles. The summed E-state index contributed by atoms with van der Waals surface area (Å²) >= 11 is 0. The van der Waals surface area contributed by atoms with Gasteiger partial charge in [-0.2, -0.15) is 5.26 Å². The summed E-state index contributed by atoms with van der Waals surface area (Å²) in [4.78, 5) is 26.5. The minimum absolute atomic E-state index is 0.0680. The highest BCUT2D eigenvalue weighted by atomic mass is 32.2. The van der Waals surface area contributed by atoms with Gasteiger partial charge in [-0.15, -0.1) is 0 Å². The molecular weight excluding hydrogens is 975 g/mol. The molecular formula is C64H113NO10S. The molecule has 0 bridgehead atoms. The van der Waals surface area contributed by atoms with Crippen molar-refractivity contribution < 1.29 is 46.4 Å². The number of carbonyl (C=O) groups excluding carboxylic acids is 2. The molecule has 0 aromatic carbocycles. The monoisotopic (exact) mass is 1090 g/mol. The number of hydrogen-bond donors (Lipinski definition) is 0. The van der Waals surface area contributed by atoms with Crippen molar-refractivity contribution in [2.45, 2.75) is 312 Å². The molecule has 5 rings (SSSR count). The number of unbranched alkanes of at least 4 members (excludes halogenated alkanes) is 17. The standard InChI is InChI=1S/C64H113NO10S/c1-51(66)55-47-56(49-60(48-55)74-45-23-18-17-22-44-71-57-31-29-54(30-32-57)53-27-25-52(50-65)26-28-53)63(67)64(2,3)75-46-24-16-12-8-7-11-15-21-43-73-59-35-39-62(40-36-59)76(68,69)61-37-33-58(34-38-61)72-42-20-14-10-6-5-9-13-19-41-70-4/h52-62H,5-49H2,1-4H3. The van der Waals surface area contributed by atoms with Gasteiger partial charge < -0.3 is 28.4 Å². The van der Waals surface area contributed by atoms with Crippen molar-refractivity contribution in [1.29, 1.82) is 5.26 Å². The maximum atomic E-state index is 13.9. The lowest BCUT2D eigenvalue weighted by atomic mass is 9.71. The van der Waals surface area contributed by atoms with Gasteiger partial charge in [-0.25, -0.2) is 8.42 Å². The fourth-order valence-corrected chi connectivity index (χ4v) is 16.2. The first kappa shape index (κ1) is 65.4. The Hall–Kier alpha value is -1.46. The van der Waals surface area contributed by atoms with Crippen molar-refractivity contribution in [3.63, 3.8) is 0 Å². The molecule has 11 nitrogen and oxygen atoms in total. The highest BCUT2D eigenvalue weighted by molar-refractivity contribution is 7.92. The van der Waals surface area contributed by atoms with Gasteiger partial charge in [-0.1, -0.05) is 89.9 Å². The lowest BCUT2D eigenvalue weighted by molar-refractivity contribution is -0.149. The van der Waals surface area contributed by atoms with Crippen LogP contribution in [0.1, 0.15) is 271 Å². The number of nitriles is 1. The van der Waals surface area contributed by atoms with E-state index in [1.54, 1.807) is 14.0 Å². The summed E-state index contributed by atoms with van der Waals surface area (Å²) in [6.45, 7) is 9.99. The molecule has 5 aliphatic rings. The molecule has 0 spiro atoms. The SMILES string of the molecule is COCCCCCCCCCCOC1CCC(S(=O)(=O)C2CCC(OCCCCCCCCCCOC(C)(C)C(=O)C3CC(OCCCCCCOC4CCC(C5CCC(C#N)CC5)CC4)CC(C(C)=O)C3)CC2)CC1. The molecule has 76 heavy (non-hydrogen) atoms. The Bertz CT molecular complexity index is 1690. The van der Waals surface area contributed by atoms with Gasteiger partial charge in [0.15, 0.2) is 15.6 Å². The van der Waals surface area contributed by atoms with Crippen molar-refractivity contribution >= 4 is 21.4 Å². The van der Waals surface area contributed by atoms with Crippen molar-refractivity contribution in [3.8, 4) is 6.07 Å².